The Morgan fingerprint density at radius 2 is 1.48 bits per heavy atom. The van der Waals surface area contributed by atoms with Crippen LogP contribution in [-0.2, 0) is 16.0 Å². The number of nitrogens with one attached hydrogen (secondary N) is 1. The zero-order chi connectivity index (χ0) is 27.6. The maximum atomic E-state index is 12.1. The van der Waals surface area contributed by atoms with Crippen molar-refractivity contribution in [2.45, 2.75) is 6.54 Å². The van der Waals surface area contributed by atoms with Crippen LogP contribution >= 0.6 is 0 Å². The molecule has 10 nitrogen and oxygen atoms in total. The summed E-state index contributed by atoms with van der Waals surface area (Å²) in [5.41, 5.74) is 5.98. The first kappa shape index (κ1) is 27.7. The molecule has 2 aliphatic heterocycles. The van der Waals surface area contributed by atoms with Crippen LogP contribution in [0.3, 0.4) is 0 Å². The lowest BCUT2D eigenvalue weighted by Gasteiger charge is -2.26. The van der Waals surface area contributed by atoms with E-state index in [1.165, 1.54) is 11.6 Å². The summed E-state index contributed by atoms with van der Waals surface area (Å²) in [5, 5.41) is 9.12. The predicted octanol–water partition coefficient (Wildman–Crippen LogP) is 2.21. The Labute approximate surface area is 233 Å². The lowest BCUT2D eigenvalue weighted by molar-refractivity contribution is 0.0317. The molecule has 1 amide bonds. The van der Waals surface area contributed by atoms with Gasteiger partial charge in [-0.15, -0.1) is 0 Å². The van der Waals surface area contributed by atoms with Crippen molar-refractivity contribution in [3.63, 3.8) is 0 Å². The summed E-state index contributed by atoms with van der Waals surface area (Å²) in [6.07, 6.45) is 0. The van der Waals surface area contributed by atoms with Gasteiger partial charge in [-0.05, 0) is 35.9 Å². The maximum absolute atomic E-state index is 12.1. The van der Waals surface area contributed by atoms with Crippen LogP contribution in [0.15, 0.2) is 54.6 Å². The molecule has 0 spiro atoms. The molecule has 0 unspecified atom stereocenters. The molecular formula is C30H33N5O5. The molecule has 2 saturated heterocycles. The SMILES string of the molecule is O=C(NO)c1cc(-c2ccc(C#Cc3ccc(CN4CCOCC4)cc3)cc2)nc(OCCN2CCOCC2)n1. The minimum atomic E-state index is -0.736. The second-order valence-corrected chi connectivity index (χ2v) is 9.58. The highest BCUT2D eigenvalue weighted by molar-refractivity contribution is 5.92. The van der Waals surface area contributed by atoms with E-state index in [0.717, 1.165) is 62.6 Å². The van der Waals surface area contributed by atoms with Gasteiger partial charge < -0.3 is 14.2 Å². The van der Waals surface area contributed by atoms with Crippen LogP contribution in [-0.4, -0.2) is 96.6 Å². The van der Waals surface area contributed by atoms with Gasteiger partial charge in [0.15, 0.2) is 0 Å². The fourth-order valence-corrected chi connectivity index (χ4v) is 4.48. The third kappa shape index (κ3) is 7.85. The summed E-state index contributed by atoms with van der Waals surface area (Å²) in [4.78, 5) is 25.4. The van der Waals surface area contributed by atoms with Gasteiger partial charge in [0.2, 0.25) is 0 Å². The number of amides is 1. The van der Waals surface area contributed by atoms with Crippen molar-refractivity contribution in [1.82, 2.24) is 25.2 Å². The van der Waals surface area contributed by atoms with E-state index in [1.54, 1.807) is 5.48 Å². The molecule has 40 heavy (non-hydrogen) atoms. The molecule has 0 radical (unpaired) electrons. The molecule has 5 rings (SSSR count). The number of nitrogens with zero attached hydrogens (tertiary/aromatic N) is 4. The monoisotopic (exact) mass is 543 g/mol. The highest BCUT2D eigenvalue weighted by atomic mass is 16.5. The Morgan fingerprint density at radius 1 is 0.875 bits per heavy atom. The molecule has 10 heteroatoms. The lowest BCUT2D eigenvalue weighted by atomic mass is 10.1. The van der Waals surface area contributed by atoms with Gasteiger partial charge in [-0.1, -0.05) is 36.1 Å². The summed E-state index contributed by atoms with van der Waals surface area (Å²) in [6, 6.07) is 17.5. The maximum Gasteiger partial charge on any atom is 0.317 e. The summed E-state index contributed by atoms with van der Waals surface area (Å²) in [7, 11) is 0. The number of aromatic nitrogens is 2. The van der Waals surface area contributed by atoms with E-state index in [2.05, 4.69) is 43.7 Å². The lowest BCUT2D eigenvalue weighted by Crippen LogP contribution is -2.38. The quantitative estimate of drug-likeness (QED) is 0.251. The summed E-state index contributed by atoms with van der Waals surface area (Å²) >= 11 is 0. The molecule has 0 atom stereocenters. The Hall–Kier alpha value is -3.85. The normalized spacial score (nSPS) is 16.1. The molecular weight excluding hydrogens is 510 g/mol. The highest BCUT2D eigenvalue weighted by Gasteiger charge is 2.15. The first-order valence-corrected chi connectivity index (χ1v) is 13.4. The van der Waals surface area contributed by atoms with E-state index in [-0.39, 0.29) is 11.7 Å². The topological polar surface area (TPSA) is 109 Å². The van der Waals surface area contributed by atoms with Gasteiger partial charge in [-0.3, -0.25) is 19.8 Å². The molecule has 2 fully saturated rings. The zero-order valence-electron chi connectivity index (χ0n) is 22.3. The number of ether oxygens (including phenoxy) is 3. The van der Waals surface area contributed by atoms with Crippen molar-refractivity contribution in [3.05, 3.63) is 77.0 Å². The Balaban J connectivity index is 1.23. The third-order valence-electron chi connectivity index (χ3n) is 6.78. The number of rotatable bonds is 8. The average Bonchev–Trinajstić information content (AvgIpc) is 3.01. The van der Waals surface area contributed by atoms with Crippen molar-refractivity contribution >= 4 is 5.91 Å². The van der Waals surface area contributed by atoms with Gasteiger partial charge in [0.1, 0.15) is 12.3 Å². The Kier molecular flexibility index (Phi) is 9.68. The number of hydrogen-bond donors (Lipinski definition) is 2. The van der Waals surface area contributed by atoms with Crippen LogP contribution in [0, 0.1) is 11.8 Å². The van der Waals surface area contributed by atoms with Gasteiger partial charge in [0, 0.05) is 56.0 Å². The fourth-order valence-electron chi connectivity index (χ4n) is 4.48. The molecule has 3 aromatic rings. The number of benzene rings is 2. The van der Waals surface area contributed by atoms with Crippen molar-refractivity contribution in [1.29, 1.82) is 0 Å². The van der Waals surface area contributed by atoms with E-state index in [4.69, 9.17) is 19.4 Å². The van der Waals surface area contributed by atoms with E-state index in [1.807, 2.05) is 36.4 Å². The summed E-state index contributed by atoms with van der Waals surface area (Å²) in [5.74, 6) is 5.69. The van der Waals surface area contributed by atoms with E-state index >= 15 is 0 Å². The highest BCUT2D eigenvalue weighted by Crippen LogP contribution is 2.21. The van der Waals surface area contributed by atoms with E-state index < -0.39 is 5.91 Å². The number of carbonyl (C=O) groups excluding carboxylic acids is 1. The van der Waals surface area contributed by atoms with Crippen LogP contribution in [0.4, 0.5) is 0 Å². The second kappa shape index (κ2) is 14.0. The van der Waals surface area contributed by atoms with Crippen LogP contribution in [0.5, 0.6) is 6.01 Å². The second-order valence-electron chi connectivity index (χ2n) is 9.58. The summed E-state index contributed by atoms with van der Waals surface area (Å²) < 4.78 is 16.6. The first-order chi connectivity index (χ1) is 19.7. The van der Waals surface area contributed by atoms with E-state index in [9.17, 15) is 4.79 Å². The molecule has 2 N–H and O–H groups in total. The largest absolute Gasteiger partial charge is 0.462 e. The van der Waals surface area contributed by atoms with Gasteiger partial charge in [-0.2, -0.15) is 9.97 Å². The molecule has 0 aliphatic carbocycles. The smallest absolute Gasteiger partial charge is 0.317 e. The van der Waals surface area contributed by atoms with Crippen LogP contribution in [0.1, 0.15) is 27.2 Å². The van der Waals surface area contributed by atoms with Crippen LogP contribution in [0.25, 0.3) is 11.3 Å². The van der Waals surface area contributed by atoms with Crippen molar-refractivity contribution in [3.8, 4) is 29.1 Å². The molecule has 0 bridgehead atoms. The Bertz CT molecular complexity index is 1330. The van der Waals surface area contributed by atoms with Gasteiger partial charge in [-0.25, -0.2) is 5.48 Å². The van der Waals surface area contributed by atoms with E-state index in [0.29, 0.717) is 32.1 Å². The summed E-state index contributed by atoms with van der Waals surface area (Å²) in [6.45, 7) is 8.60. The standard InChI is InChI=1S/C30H33N5O5/c36-29(33-37)28-21-27(31-30(32-28)40-20-15-34-11-16-38-17-12-34)26-9-7-24(8-10-26)2-1-23-3-5-25(6-4-23)22-35-13-18-39-19-14-35/h3-10,21,37H,11-20,22H2,(H,33,36). The molecule has 2 aromatic carbocycles. The number of hydroxylamine groups is 1. The van der Waals surface area contributed by atoms with Crippen molar-refractivity contribution in [2.24, 2.45) is 0 Å². The van der Waals surface area contributed by atoms with Crippen LogP contribution < -0.4 is 10.2 Å². The minimum absolute atomic E-state index is 0.00908. The number of hydrogen-bond acceptors (Lipinski definition) is 9. The number of morpholine rings is 2. The molecule has 0 saturated carbocycles. The molecule has 1 aromatic heterocycles. The Morgan fingerprint density at radius 3 is 2.10 bits per heavy atom. The van der Waals surface area contributed by atoms with Crippen molar-refractivity contribution < 1.29 is 24.2 Å². The van der Waals surface area contributed by atoms with Gasteiger partial charge >= 0.3 is 6.01 Å². The molecule has 208 valence electrons. The molecule has 2 aliphatic rings. The first-order valence-electron chi connectivity index (χ1n) is 13.4. The van der Waals surface area contributed by atoms with Gasteiger partial charge in [0.05, 0.1) is 32.1 Å². The average molecular weight is 544 g/mol. The predicted molar refractivity (Wildman–Crippen MR) is 148 cm³/mol. The number of carbonyl (C=O) groups is 1. The minimum Gasteiger partial charge on any atom is -0.462 e. The van der Waals surface area contributed by atoms with Gasteiger partial charge in [0.25, 0.3) is 5.91 Å². The fraction of sp³-hybridized carbons (Fsp3) is 0.367. The zero-order valence-corrected chi connectivity index (χ0v) is 22.3. The third-order valence-corrected chi connectivity index (χ3v) is 6.78. The molecule has 3 heterocycles. The van der Waals surface area contributed by atoms with Crippen molar-refractivity contribution in [2.75, 3.05) is 65.8 Å². The van der Waals surface area contributed by atoms with Crippen LogP contribution in [0.2, 0.25) is 0 Å².